The maximum absolute atomic E-state index is 13.7. The van der Waals surface area contributed by atoms with Crippen molar-refractivity contribution in [2.75, 3.05) is 26.0 Å². The number of nitrogens with one attached hydrogen (secondary N) is 1. The molecule has 3 N–H and O–H groups in total. The first kappa shape index (κ1) is 39.8. The molecule has 11 heteroatoms. The van der Waals surface area contributed by atoms with Crippen molar-refractivity contribution in [3.63, 3.8) is 0 Å². The van der Waals surface area contributed by atoms with E-state index in [1.807, 2.05) is 86.6 Å². The van der Waals surface area contributed by atoms with E-state index in [0.717, 1.165) is 40.3 Å². The summed E-state index contributed by atoms with van der Waals surface area (Å²) in [4.78, 5) is 67.0. The van der Waals surface area contributed by atoms with Gasteiger partial charge >= 0.3 is 11.9 Å². The second-order valence-electron chi connectivity index (χ2n) is 17.9. The number of aliphatic hydroxyl groups excluding tert-OH is 1. The zero-order valence-electron chi connectivity index (χ0n) is 33.5. The van der Waals surface area contributed by atoms with Gasteiger partial charge in [0.25, 0.3) is 0 Å². The fourth-order valence-electron chi connectivity index (χ4n) is 11.1. The summed E-state index contributed by atoms with van der Waals surface area (Å²) >= 11 is 0. The number of anilines is 1. The Balaban J connectivity index is 0.822. The quantitative estimate of drug-likeness (QED) is 0.200. The third-order valence-corrected chi connectivity index (χ3v) is 14.3. The lowest BCUT2D eigenvalue weighted by Gasteiger charge is -2.59. The smallest absolute Gasteiger partial charge is 0.310 e. The first-order chi connectivity index (χ1) is 27.6. The number of hydrogen-bond donors (Lipinski definition) is 3. The maximum atomic E-state index is 13.7. The fraction of sp³-hybridized carbons (Fsp3) is 0.468. The summed E-state index contributed by atoms with van der Waals surface area (Å²) in [6, 6.07) is 20.4. The number of carbonyl (C=O) groups is 5. The predicted octanol–water partition coefficient (Wildman–Crippen LogP) is 5.88. The van der Waals surface area contributed by atoms with Gasteiger partial charge in [0.2, 0.25) is 11.7 Å². The Labute approximate surface area is 338 Å². The zero-order valence-corrected chi connectivity index (χ0v) is 33.5. The van der Waals surface area contributed by atoms with Crippen LogP contribution in [0.2, 0.25) is 0 Å². The van der Waals surface area contributed by atoms with Crippen LogP contribution >= 0.6 is 0 Å². The number of hydrogen-bond acceptors (Lipinski definition) is 10. The van der Waals surface area contributed by atoms with Crippen molar-refractivity contribution in [2.45, 2.75) is 76.7 Å². The van der Waals surface area contributed by atoms with Gasteiger partial charge in [-0.1, -0.05) is 80.1 Å². The van der Waals surface area contributed by atoms with Gasteiger partial charge in [-0.05, 0) is 111 Å². The molecule has 0 spiro atoms. The number of allylic oxidation sites excluding steroid dienone is 4. The van der Waals surface area contributed by atoms with Gasteiger partial charge in [0.05, 0.1) is 17.9 Å². The highest BCUT2D eigenvalue weighted by atomic mass is 16.5. The van der Waals surface area contributed by atoms with Crippen molar-refractivity contribution < 1.29 is 43.7 Å². The Bertz CT molecular complexity index is 2230. The first-order valence-electron chi connectivity index (χ1n) is 20.4. The summed E-state index contributed by atoms with van der Waals surface area (Å²) < 4.78 is 11.0. The van der Waals surface area contributed by atoms with Crippen LogP contribution in [-0.4, -0.2) is 76.9 Å². The number of carbonyl (C=O) groups excluding carboxylic acids is 5. The van der Waals surface area contributed by atoms with E-state index in [4.69, 9.17) is 9.47 Å². The lowest BCUT2D eigenvalue weighted by molar-refractivity contribution is -0.181. The van der Waals surface area contributed by atoms with Crippen LogP contribution in [0.4, 0.5) is 5.69 Å². The molecule has 4 fully saturated rings. The summed E-state index contributed by atoms with van der Waals surface area (Å²) in [6.07, 6.45) is 7.17. The number of amides is 1. The summed E-state index contributed by atoms with van der Waals surface area (Å²) in [7, 11) is 3.67. The van der Waals surface area contributed by atoms with Crippen LogP contribution in [0.5, 0.6) is 0 Å². The SMILES string of the molecule is CN(C)[C@@H](C(=O)Nc1ccc2ccccc2c1)c1ccc(COC(=O)C2CC2C(=O)OCC(=O)[C@@]2(O)CC[C@H]3[C@@H]4CCC5=CC(=O)C=C[C@]5(C)[C@H]4[C@@H](O)C[C@@]32C)cc1. The molecule has 0 bridgehead atoms. The molecule has 5 aliphatic rings. The van der Waals surface area contributed by atoms with Crippen LogP contribution in [0.1, 0.15) is 69.5 Å². The third-order valence-electron chi connectivity index (χ3n) is 14.3. The molecule has 0 aliphatic heterocycles. The third kappa shape index (κ3) is 6.90. The van der Waals surface area contributed by atoms with Crippen LogP contribution in [0.15, 0.2) is 90.5 Å². The van der Waals surface area contributed by atoms with Crippen LogP contribution in [0, 0.1) is 40.4 Å². The molecule has 0 aromatic heterocycles. The van der Waals surface area contributed by atoms with Crippen LogP contribution in [0.3, 0.4) is 0 Å². The highest BCUT2D eigenvalue weighted by Crippen LogP contribution is 2.67. The van der Waals surface area contributed by atoms with E-state index < -0.39 is 64.7 Å². The number of aliphatic hydroxyl groups is 2. The highest BCUT2D eigenvalue weighted by Gasteiger charge is 2.68. The molecular weight excluding hydrogens is 737 g/mol. The van der Waals surface area contributed by atoms with Gasteiger partial charge in [0, 0.05) is 22.4 Å². The number of esters is 2. The second kappa shape index (κ2) is 15.0. The largest absolute Gasteiger partial charge is 0.461 e. The molecule has 10 atom stereocenters. The molecule has 8 rings (SSSR count). The standard InChI is InChI=1S/C47H52N2O9/c1-45-19-17-33(50)22-31(45)14-16-34-37-18-20-47(56,46(37,2)24-38(51)40(34)45)39(52)26-58-44(55)36-23-35(36)43(54)57-25-27-9-11-29(12-10-27)41(49(3)4)42(53)48-32-15-13-28-7-5-6-8-30(28)21-32/h5-13,15,17,19,21-22,34-38,40-41,51,56H,14,16,18,20,23-26H2,1-4H3,(H,48,53)/t34-,35?,36?,37-,38-,40+,41+,45-,46-,47-/m0/s1. The molecule has 0 heterocycles. The molecule has 1 amide bonds. The van der Waals surface area contributed by atoms with Gasteiger partial charge in [-0.15, -0.1) is 0 Å². The molecule has 4 saturated carbocycles. The summed E-state index contributed by atoms with van der Waals surface area (Å²) in [5.74, 6) is -3.55. The predicted molar refractivity (Wildman–Crippen MR) is 216 cm³/mol. The van der Waals surface area contributed by atoms with Crippen LogP contribution < -0.4 is 5.32 Å². The van der Waals surface area contributed by atoms with Crippen molar-refractivity contribution in [2.24, 2.45) is 40.4 Å². The highest BCUT2D eigenvalue weighted by molar-refractivity contribution is 6.01. The minimum Gasteiger partial charge on any atom is -0.461 e. The number of rotatable bonds is 11. The number of nitrogens with zero attached hydrogens (tertiary/aromatic N) is 1. The van der Waals surface area contributed by atoms with Gasteiger partial charge in [0.15, 0.2) is 12.4 Å². The first-order valence-corrected chi connectivity index (χ1v) is 20.4. The molecule has 3 aromatic carbocycles. The second-order valence-corrected chi connectivity index (χ2v) is 17.9. The summed E-state index contributed by atoms with van der Waals surface area (Å²) in [6.45, 7) is 3.32. The maximum Gasteiger partial charge on any atom is 0.310 e. The molecule has 5 aliphatic carbocycles. The summed E-state index contributed by atoms with van der Waals surface area (Å²) in [5, 5.41) is 28.8. The minimum absolute atomic E-state index is 0.0164. The Morgan fingerprint density at radius 3 is 2.36 bits per heavy atom. The van der Waals surface area contributed by atoms with Gasteiger partial charge in [0.1, 0.15) is 18.2 Å². The average molecular weight is 789 g/mol. The van der Waals surface area contributed by atoms with Crippen molar-refractivity contribution >= 4 is 45.9 Å². The van der Waals surface area contributed by atoms with Crippen LogP contribution in [0.25, 0.3) is 10.8 Å². The molecule has 11 nitrogen and oxygen atoms in total. The number of fused-ring (bicyclic) bond motifs is 6. The topological polar surface area (TPSA) is 160 Å². The number of likely N-dealkylation sites (N-methyl/N-ethyl adjacent to an activating group) is 1. The Morgan fingerprint density at radius 1 is 0.931 bits per heavy atom. The Kier molecular flexibility index (Phi) is 10.3. The molecular formula is C47H52N2O9. The van der Waals surface area contributed by atoms with E-state index >= 15 is 0 Å². The average Bonchev–Trinajstić information content (AvgIpc) is 3.95. The minimum atomic E-state index is -1.77. The lowest BCUT2D eigenvalue weighted by Crippen LogP contribution is -2.61. The van der Waals surface area contributed by atoms with Crippen molar-refractivity contribution in [3.05, 3.63) is 102 Å². The van der Waals surface area contributed by atoms with Gasteiger partial charge < -0.3 is 25.0 Å². The zero-order chi connectivity index (χ0) is 41.1. The van der Waals surface area contributed by atoms with Crippen molar-refractivity contribution in [1.82, 2.24) is 4.90 Å². The number of ether oxygens (including phenoxy) is 2. The number of benzene rings is 3. The Hall–Kier alpha value is -4.97. The van der Waals surface area contributed by atoms with Gasteiger partial charge in [-0.2, -0.15) is 0 Å². The van der Waals surface area contributed by atoms with E-state index in [2.05, 4.69) is 12.2 Å². The monoisotopic (exact) mass is 788 g/mol. The Morgan fingerprint density at radius 2 is 1.64 bits per heavy atom. The van der Waals surface area contributed by atoms with Gasteiger partial charge in [-0.25, -0.2) is 0 Å². The normalized spacial score (nSPS) is 32.7. The van der Waals surface area contributed by atoms with E-state index in [0.29, 0.717) is 12.1 Å². The van der Waals surface area contributed by atoms with E-state index in [1.165, 1.54) is 0 Å². The number of ketones is 2. The molecule has 0 radical (unpaired) electrons. The fourth-order valence-corrected chi connectivity index (χ4v) is 11.1. The lowest BCUT2D eigenvalue weighted by atomic mass is 9.46. The molecule has 0 saturated heterocycles. The van der Waals surface area contributed by atoms with Crippen molar-refractivity contribution in [3.8, 4) is 0 Å². The number of Topliss-reactive ketones (excluding diaryl/α,β-unsaturated/α-hetero) is 1. The van der Waals surface area contributed by atoms with E-state index in [9.17, 15) is 34.2 Å². The van der Waals surface area contributed by atoms with Crippen molar-refractivity contribution in [1.29, 1.82) is 0 Å². The van der Waals surface area contributed by atoms with Crippen LogP contribution in [-0.2, 0) is 40.1 Å². The van der Waals surface area contributed by atoms with E-state index in [-0.39, 0.29) is 55.3 Å². The van der Waals surface area contributed by atoms with Gasteiger partial charge in [-0.3, -0.25) is 28.9 Å². The molecule has 2 unspecified atom stereocenters. The van der Waals surface area contributed by atoms with E-state index in [1.54, 1.807) is 24.3 Å². The molecule has 304 valence electrons. The summed E-state index contributed by atoms with van der Waals surface area (Å²) in [5.41, 5.74) is 0.0761. The molecule has 3 aromatic rings. The molecule has 58 heavy (non-hydrogen) atoms.